The highest BCUT2D eigenvalue weighted by Crippen LogP contribution is 2.32. The van der Waals surface area contributed by atoms with E-state index in [2.05, 4.69) is 11.9 Å². The van der Waals surface area contributed by atoms with Crippen LogP contribution in [0.1, 0.15) is 5.56 Å². The van der Waals surface area contributed by atoms with E-state index in [4.69, 9.17) is 9.72 Å². The number of benzene rings is 2. The van der Waals surface area contributed by atoms with Crippen LogP contribution in [0.15, 0.2) is 76.5 Å². The van der Waals surface area contributed by atoms with Crippen LogP contribution in [0.25, 0.3) is 21.3 Å². The zero-order valence-electron chi connectivity index (χ0n) is 18.3. The molecule has 0 aliphatic rings. The first-order valence-corrected chi connectivity index (χ1v) is 12.1. The number of hydrogen-bond acceptors (Lipinski definition) is 6. The average Bonchev–Trinajstić information content (AvgIpc) is 3.25. The van der Waals surface area contributed by atoms with Crippen molar-refractivity contribution < 1.29 is 9.53 Å². The molecule has 4 rings (SSSR count). The number of nitrogens with one attached hydrogen (secondary N) is 1. The number of aryl methyl sites for hydroxylation is 1. The van der Waals surface area contributed by atoms with Crippen molar-refractivity contribution in [1.29, 1.82) is 0 Å². The van der Waals surface area contributed by atoms with Crippen LogP contribution in [-0.2, 0) is 11.3 Å². The molecule has 1 amide bonds. The van der Waals surface area contributed by atoms with Crippen LogP contribution in [0.4, 0.5) is 5.69 Å². The molecule has 6 nitrogen and oxygen atoms in total. The summed E-state index contributed by atoms with van der Waals surface area (Å²) in [5.74, 6) is 0.655. The van der Waals surface area contributed by atoms with Gasteiger partial charge in [0.25, 0.3) is 5.56 Å². The molecule has 2 heterocycles. The number of carbonyl (C=O) groups excluding carboxylic acids is 1. The Bertz CT molecular complexity index is 1360. The van der Waals surface area contributed by atoms with Gasteiger partial charge >= 0.3 is 0 Å². The standard InChI is InChI=1S/C25H23N3O3S2/c1-4-13-28-24(30)22-20(17-7-5-16(2)6-8-17)14-32-23(22)27-25(28)33-15-21(29)26-18-9-11-19(31-3)12-10-18/h4-12,14H,1,13,15H2,2-3H3,(H,26,29). The van der Waals surface area contributed by atoms with Gasteiger partial charge in [0.05, 0.1) is 18.2 Å². The Kier molecular flexibility index (Phi) is 6.96. The predicted octanol–water partition coefficient (Wildman–Crippen LogP) is 5.36. The van der Waals surface area contributed by atoms with Gasteiger partial charge in [-0.3, -0.25) is 14.2 Å². The van der Waals surface area contributed by atoms with Crippen LogP contribution >= 0.6 is 23.1 Å². The molecular weight excluding hydrogens is 454 g/mol. The number of allylic oxidation sites excluding steroid dienone is 1. The van der Waals surface area contributed by atoms with E-state index in [-0.39, 0.29) is 17.2 Å². The van der Waals surface area contributed by atoms with Gasteiger partial charge in [0.15, 0.2) is 5.16 Å². The van der Waals surface area contributed by atoms with E-state index >= 15 is 0 Å². The highest BCUT2D eigenvalue weighted by molar-refractivity contribution is 7.99. The van der Waals surface area contributed by atoms with E-state index in [0.29, 0.717) is 33.4 Å². The van der Waals surface area contributed by atoms with Crippen LogP contribution in [0, 0.1) is 6.92 Å². The molecule has 0 unspecified atom stereocenters. The van der Waals surface area contributed by atoms with Crippen molar-refractivity contribution in [1.82, 2.24) is 9.55 Å². The molecule has 2 aromatic heterocycles. The van der Waals surface area contributed by atoms with E-state index in [1.807, 2.05) is 36.6 Å². The van der Waals surface area contributed by atoms with Gasteiger partial charge in [0.1, 0.15) is 10.6 Å². The first-order valence-electron chi connectivity index (χ1n) is 10.3. The number of carbonyl (C=O) groups is 1. The van der Waals surface area contributed by atoms with Gasteiger partial charge in [0, 0.05) is 23.2 Å². The number of hydrogen-bond donors (Lipinski definition) is 1. The molecule has 0 aliphatic heterocycles. The lowest BCUT2D eigenvalue weighted by Gasteiger charge is -2.11. The van der Waals surface area contributed by atoms with Gasteiger partial charge in [-0.2, -0.15) is 0 Å². The van der Waals surface area contributed by atoms with Gasteiger partial charge in [0.2, 0.25) is 5.91 Å². The fourth-order valence-electron chi connectivity index (χ4n) is 3.35. The second-order valence-corrected chi connectivity index (χ2v) is 9.16. The van der Waals surface area contributed by atoms with E-state index in [1.54, 1.807) is 42.0 Å². The predicted molar refractivity (Wildman–Crippen MR) is 137 cm³/mol. The SMILES string of the molecule is C=CCn1c(SCC(=O)Nc2ccc(OC)cc2)nc2scc(-c3ccc(C)cc3)c2c1=O. The summed E-state index contributed by atoms with van der Waals surface area (Å²) in [5, 5.41) is 5.90. The van der Waals surface area contributed by atoms with Crippen molar-refractivity contribution in [2.24, 2.45) is 0 Å². The highest BCUT2D eigenvalue weighted by Gasteiger charge is 2.18. The lowest BCUT2D eigenvalue weighted by atomic mass is 10.1. The number of thiophene rings is 1. The number of methoxy groups -OCH3 is 1. The van der Waals surface area contributed by atoms with E-state index in [1.165, 1.54) is 23.1 Å². The summed E-state index contributed by atoms with van der Waals surface area (Å²) < 4.78 is 6.71. The first kappa shape index (κ1) is 22.8. The molecule has 0 bridgehead atoms. The molecule has 0 atom stereocenters. The molecule has 0 saturated heterocycles. The first-order chi connectivity index (χ1) is 16.0. The molecule has 0 saturated carbocycles. The Morgan fingerprint density at radius 2 is 1.94 bits per heavy atom. The molecule has 0 spiro atoms. The molecule has 1 N–H and O–H groups in total. The molecule has 8 heteroatoms. The zero-order valence-corrected chi connectivity index (χ0v) is 20.0. The minimum atomic E-state index is -0.184. The van der Waals surface area contributed by atoms with Crippen LogP contribution in [0.2, 0.25) is 0 Å². The van der Waals surface area contributed by atoms with Crippen LogP contribution in [0.3, 0.4) is 0 Å². The minimum Gasteiger partial charge on any atom is -0.497 e. The van der Waals surface area contributed by atoms with Crippen LogP contribution < -0.4 is 15.6 Å². The second kappa shape index (κ2) is 10.1. The summed E-state index contributed by atoms with van der Waals surface area (Å²) in [6.45, 7) is 6.12. The van der Waals surface area contributed by atoms with E-state index in [9.17, 15) is 9.59 Å². The number of aromatic nitrogens is 2. The fourth-order valence-corrected chi connectivity index (χ4v) is 5.15. The quantitative estimate of drug-likeness (QED) is 0.210. The highest BCUT2D eigenvalue weighted by atomic mass is 32.2. The maximum absolute atomic E-state index is 13.4. The van der Waals surface area contributed by atoms with Gasteiger partial charge in [-0.05, 0) is 36.8 Å². The lowest BCUT2D eigenvalue weighted by Crippen LogP contribution is -2.23. The zero-order chi connectivity index (χ0) is 23.4. The minimum absolute atomic E-state index is 0.122. The fraction of sp³-hybridized carbons (Fsp3) is 0.160. The molecule has 2 aromatic carbocycles. The number of nitrogens with zero attached hydrogens (tertiary/aromatic N) is 2. The summed E-state index contributed by atoms with van der Waals surface area (Å²) >= 11 is 2.66. The number of anilines is 1. The van der Waals surface area contributed by atoms with Gasteiger partial charge < -0.3 is 10.1 Å². The van der Waals surface area contributed by atoms with Crippen molar-refractivity contribution in [3.63, 3.8) is 0 Å². The number of ether oxygens (including phenoxy) is 1. The second-order valence-electron chi connectivity index (χ2n) is 7.36. The molecule has 0 radical (unpaired) electrons. The third kappa shape index (κ3) is 5.02. The molecule has 0 aliphatic carbocycles. The monoisotopic (exact) mass is 477 g/mol. The molecule has 0 fully saturated rings. The number of thioether (sulfide) groups is 1. The van der Waals surface area contributed by atoms with Crippen molar-refractivity contribution in [2.75, 3.05) is 18.2 Å². The van der Waals surface area contributed by atoms with Gasteiger partial charge in [-0.15, -0.1) is 17.9 Å². The maximum Gasteiger partial charge on any atom is 0.263 e. The summed E-state index contributed by atoms with van der Waals surface area (Å²) in [6.07, 6.45) is 1.66. The normalized spacial score (nSPS) is 10.8. The summed E-state index contributed by atoms with van der Waals surface area (Å²) in [5.41, 5.74) is 3.56. The third-order valence-corrected chi connectivity index (χ3v) is 6.89. The summed E-state index contributed by atoms with van der Waals surface area (Å²) in [4.78, 5) is 31.3. The Morgan fingerprint density at radius 3 is 2.61 bits per heavy atom. The molecule has 168 valence electrons. The molecular formula is C25H23N3O3S2. The molecule has 4 aromatic rings. The Morgan fingerprint density at radius 1 is 1.21 bits per heavy atom. The van der Waals surface area contributed by atoms with Crippen molar-refractivity contribution in [3.8, 4) is 16.9 Å². The summed E-state index contributed by atoms with van der Waals surface area (Å²) in [6, 6.07) is 15.2. The smallest absolute Gasteiger partial charge is 0.263 e. The van der Waals surface area contributed by atoms with Gasteiger partial charge in [-0.25, -0.2) is 4.98 Å². The average molecular weight is 478 g/mol. The van der Waals surface area contributed by atoms with Crippen molar-refractivity contribution >= 4 is 44.9 Å². The largest absolute Gasteiger partial charge is 0.497 e. The Balaban J connectivity index is 1.60. The Hall–Kier alpha value is -3.36. The topological polar surface area (TPSA) is 73.2 Å². The lowest BCUT2D eigenvalue weighted by molar-refractivity contribution is -0.113. The van der Waals surface area contributed by atoms with Crippen molar-refractivity contribution in [2.45, 2.75) is 18.6 Å². The van der Waals surface area contributed by atoms with Crippen molar-refractivity contribution in [3.05, 3.63) is 82.5 Å². The number of rotatable bonds is 8. The third-order valence-electron chi connectivity index (χ3n) is 5.04. The summed E-state index contributed by atoms with van der Waals surface area (Å²) in [7, 11) is 1.59. The van der Waals surface area contributed by atoms with E-state index < -0.39 is 0 Å². The Labute approximate surface area is 199 Å². The number of amides is 1. The van der Waals surface area contributed by atoms with Crippen LogP contribution in [-0.4, -0.2) is 28.3 Å². The molecule has 33 heavy (non-hydrogen) atoms. The maximum atomic E-state index is 13.4. The van der Waals surface area contributed by atoms with Crippen LogP contribution in [0.5, 0.6) is 5.75 Å². The number of fused-ring (bicyclic) bond motifs is 1. The van der Waals surface area contributed by atoms with Gasteiger partial charge in [-0.1, -0.05) is 47.7 Å². The van der Waals surface area contributed by atoms with E-state index in [0.717, 1.165) is 16.7 Å².